The molecule has 1 aliphatic rings. The second kappa shape index (κ2) is 5.19. The molecule has 94 valence electrons. The Morgan fingerprint density at radius 3 is 2.82 bits per heavy atom. The molecule has 0 aliphatic carbocycles. The molecule has 0 saturated heterocycles. The summed E-state index contributed by atoms with van der Waals surface area (Å²) in [6, 6.07) is 9.33. The van der Waals surface area contributed by atoms with E-state index in [-0.39, 0.29) is 5.54 Å². The lowest BCUT2D eigenvalue weighted by atomic mass is 10.0. The molecule has 1 aliphatic heterocycles. The molecule has 2 rings (SSSR count). The lowest BCUT2D eigenvalue weighted by Crippen LogP contribution is -2.36. The van der Waals surface area contributed by atoms with Crippen LogP contribution >= 0.6 is 0 Å². The molecule has 0 saturated carbocycles. The van der Waals surface area contributed by atoms with E-state index in [4.69, 9.17) is 0 Å². The van der Waals surface area contributed by atoms with Crippen LogP contribution in [0.5, 0.6) is 0 Å². The number of fused-ring (bicyclic) bond motifs is 1. The summed E-state index contributed by atoms with van der Waals surface area (Å²) < 4.78 is 0. The fourth-order valence-electron chi connectivity index (χ4n) is 2.41. The van der Waals surface area contributed by atoms with Crippen molar-refractivity contribution in [2.45, 2.75) is 51.7 Å². The summed E-state index contributed by atoms with van der Waals surface area (Å²) in [7, 11) is 0. The molecule has 0 fully saturated rings. The van der Waals surface area contributed by atoms with Crippen LogP contribution < -0.4 is 10.6 Å². The minimum atomic E-state index is 0.237. The highest BCUT2D eigenvalue weighted by Gasteiger charge is 2.20. The van der Waals surface area contributed by atoms with Crippen LogP contribution in [0.15, 0.2) is 24.3 Å². The zero-order valence-corrected chi connectivity index (χ0v) is 11.2. The molecular formula is C15H24N2. The largest absolute Gasteiger partial charge is 0.312 e. The Morgan fingerprint density at radius 2 is 2.06 bits per heavy atom. The van der Waals surface area contributed by atoms with E-state index in [1.54, 1.807) is 0 Å². The standard InChI is InChI=1S/C15H24N2/c1-15(2,3)17-10-6-9-14-13-8-5-4-7-12(13)11-16-14/h4-5,7-8,14,16-17H,6,9-11H2,1-3H3. The quantitative estimate of drug-likeness (QED) is 0.780. The Hall–Kier alpha value is -0.860. The van der Waals surface area contributed by atoms with E-state index in [2.05, 4.69) is 55.7 Å². The normalized spacial score (nSPS) is 19.4. The third-order valence-corrected chi connectivity index (χ3v) is 3.29. The number of benzene rings is 1. The first-order valence-corrected chi connectivity index (χ1v) is 6.62. The maximum Gasteiger partial charge on any atom is 0.0326 e. The van der Waals surface area contributed by atoms with Gasteiger partial charge in [-0.25, -0.2) is 0 Å². The fraction of sp³-hybridized carbons (Fsp3) is 0.600. The fourth-order valence-corrected chi connectivity index (χ4v) is 2.41. The number of hydrogen-bond donors (Lipinski definition) is 2. The smallest absolute Gasteiger partial charge is 0.0326 e. The Kier molecular flexibility index (Phi) is 3.85. The molecule has 0 radical (unpaired) electrons. The monoisotopic (exact) mass is 232 g/mol. The van der Waals surface area contributed by atoms with Gasteiger partial charge in [0.25, 0.3) is 0 Å². The van der Waals surface area contributed by atoms with Gasteiger partial charge in [0.05, 0.1) is 0 Å². The van der Waals surface area contributed by atoms with E-state index in [0.717, 1.165) is 13.1 Å². The van der Waals surface area contributed by atoms with E-state index in [1.807, 2.05) is 0 Å². The van der Waals surface area contributed by atoms with E-state index < -0.39 is 0 Å². The van der Waals surface area contributed by atoms with Gasteiger partial charge in [-0.2, -0.15) is 0 Å². The maximum atomic E-state index is 3.59. The minimum absolute atomic E-state index is 0.237. The van der Waals surface area contributed by atoms with Crippen LogP contribution in [0.2, 0.25) is 0 Å². The zero-order chi connectivity index (χ0) is 12.3. The van der Waals surface area contributed by atoms with Crippen LogP contribution in [0.4, 0.5) is 0 Å². The topological polar surface area (TPSA) is 24.1 Å². The summed E-state index contributed by atoms with van der Waals surface area (Å²) in [5, 5.41) is 7.13. The van der Waals surface area contributed by atoms with Gasteiger partial charge in [-0.05, 0) is 51.3 Å². The number of nitrogens with one attached hydrogen (secondary N) is 2. The predicted molar refractivity (Wildman–Crippen MR) is 73.0 cm³/mol. The van der Waals surface area contributed by atoms with Gasteiger partial charge < -0.3 is 10.6 Å². The third-order valence-electron chi connectivity index (χ3n) is 3.29. The summed E-state index contributed by atoms with van der Waals surface area (Å²) in [6.45, 7) is 8.79. The third kappa shape index (κ3) is 3.55. The van der Waals surface area contributed by atoms with Gasteiger partial charge in [0, 0.05) is 18.1 Å². The molecule has 0 aromatic heterocycles. The van der Waals surface area contributed by atoms with E-state index in [0.29, 0.717) is 6.04 Å². The van der Waals surface area contributed by atoms with Gasteiger partial charge in [-0.3, -0.25) is 0 Å². The highest BCUT2D eigenvalue weighted by atomic mass is 15.0. The molecule has 1 unspecified atom stereocenters. The molecule has 2 nitrogen and oxygen atoms in total. The molecule has 1 aromatic rings. The summed E-state index contributed by atoms with van der Waals surface area (Å²) in [5.41, 5.74) is 3.21. The van der Waals surface area contributed by atoms with Crippen molar-refractivity contribution in [3.8, 4) is 0 Å². The second-order valence-corrected chi connectivity index (χ2v) is 5.95. The Morgan fingerprint density at radius 1 is 1.29 bits per heavy atom. The summed E-state index contributed by atoms with van der Waals surface area (Å²) in [5.74, 6) is 0. The van der Waals surface area contributed by atoms with Crippen molar-refractivity contribution < 1.29 is 0 Å². The molecule has 0 bridgehead atoms. The number of hydrogen-bond acceptors (Lipinski definition) is 2. The number of rotatable bonds is 4. The van der Waals surface area contributed by atoms with Crippen molar-refractivity contribution in [1.82, 2.24) is 10.6 Å². The average molecular weight is 232 g/mol. The SMILES string of the molecule is CC(C)(C)NCCCC1NCc2ccccc21. The first-order valence-electron chi connectivity index (χ1n) is 6.62. The molecular weight excluding hydrogens is 208 g/mol. The van der Waals surface area contributed by atoms with Crippen molar-refractivity contribution in [2.75, 3.05) is 6.54 Å². The average Bonchev–Trinajstić information content (AvgIpc) is 2.67. The Bertz CT molecular complexity index is 365. The van der Waals surface area contributed by atoms with Crippen LogP contribution in [0.1, 0.15) is 50.8 Å². The molecule has 2 heteroatoms. The van der Waals surface area contributed by atoms with E-state index >= 15 is 0 Å². The van der Waals surface area contributed by atoms with Crippen LogP contribution in [-0.4, -0.2) is 12.1 Å². The molecule has 17 heavy (non-hydrogen) atoms. The summed E-state index contributed by atoms with van der Waals surface area (Å²) in [6.07, 6.45) is 2.45. The Balaban J connectivity index is 1.78. The van der Waals surface area contributed by atoms with Gasteiger partial charge in [-0.15, -0.1) is 0 Å². The predicted octanol–water partition coefficient (Wildman–Crippen LogP) is 3.00. The van der Waals surface area contributed by atoms with Crippen LogP contribution in [0.25, 0.3) is 0 Å². The van der Waals surface area contributed by atoms with Crippen molar-refractivity contribution in [3.05, 3.63) is 35.4 Å². The molecule has 0 spiro atoms. The second-order valence-electron chi connectivity index (χ2n) is 5.95. The highest BCUT2D eigenvalue weighted by molar-refractivity contribution is 5.33. The van der Waals surface area contributed by atoms with Crippen LogP contribution in [0.3, 0.4) is 0 Å². The highest BCUT2D eigenvalue weighted by Crippen LogP contribution is 2.28. The van der Waals surface area contributed by atoms with Gasteiger partial charge in [0.15, 0.2) is 0 Å². The van der Waals surface area contributed by atoms with E-state index in [9.17, 15) is 0 Å². The molecule has 1 atom stereocenters. The molecule has 2 N–H and O–H groups in total. The molecule has 1 aromatic carbocycles. The van der Waals surface area contributed by atoms with Crippen LogP contribution in [0, 0.1) is 0 Å². The minimum Gasteiger partial charge on any atom is -0.312 e. The van der Waals surface area contributed by atoms with E-state index in [1.165, 1.54) is 24.0 Å². The zero-order valence-electron chi connectivity index (χ0n) is 11.2. The molecule has 1 heterocycles. The lowest BCUT2D eigenvalue weighted by molar-refractivity contribution is 0.406. The first-order chi connectivity index (χ1) is 8.06. The first kappa shape index (κ1) is 12.6. The Labute approximate surface area is 105 Å². The van der Waals surface area contributed by atoms with Gasteiger partial charge in [-0.1, -0.05) is 24.3 Å². The van der Waals surface area contributed by atoms with Gasteiger partial charge in [0.1, 0.15) is 0 Å². The van der Waals surface area contributed by atoms with Gasteiger partial charge in [0.2, 0.25) is 0 Å². The summed E-state index contributed by atoms with van der Waals surface area (Å²) in [4.78, 5) is 0. The molecule has 0 amide bonds. The summed E-state index contributed by atoms with van der Waals surface area (Å²) >= 11 is 0. The van der Waals surface area contributed by atoms with Crippen molar-refractivity contribution in [3.63, 3.8) is 0 Å². The van der Waals surface area contributed by atoms with Crippen molar-refractivity contribution in [2.24, 2.45) is 0 Å². The van der Waals surface area contributed by atoms with Crippen molar-refractivity contribution in [1.29, 1.82) is 0 Å². The maximum absolute atomic E-state index is 3.59. The van der Waals surface area contributed by atoms with Crippen LogP contribution in [-0.2, 0) is 6.54 Å². The van der Waals surface area contributed by atoms with Gasteiger partial charge >= 0.3 is 0 Å². The lowest BCUT2D eigenvalue weighted by Gasteiger charge is -2.21. The van der Waals surface area contributed by atoms with Crippen molar-refractivity contribution >= 4 is 0 Å².